The van der Waals surface area contributed by atoms with E-state index in [-0.39, 0.29) is 0 Å². The number of hydrogen-bond acceptors (Lipinski definition) is 2. The summed E-state index contributed by atoms with van der Waals surface area (Å²) in [6.07, 6.45) is 6.47. The number of benzene rings is 1. The number of aromatic nitrogens is 2. The zero-order valence-corrected chi connectivity index (χ0v) is 9.65. The quantitative estimate of drug-likeness (QED) is 0.646. The van der Waals surface area contributed by atoms with Crippen molar-refractivity contribution in [1.82, 2.24) is 9.97 Å². The lowest BCUT2D eigenvalue weighted by Gasteiger charge is -2.04. The number of rotatable bonds is 1. The van der Waals surface area contributed by atoms with Gasteiger partial charge in [0.25, 0.3) is 0 Å². The predicted octanol–water partition coefficient (Wildman–Crippen LogP) is 3.75. The standard InChI is InChI=1S/C14H8ClN2/c15-12-5-3-10(4-6-12)13-9-16-8-11-2-1-7-17-14(11)13/h1-6,8-9H. The van der Waals surface area contributed by atoms with Crippen LogP contribution in [0.4, 0.5) is 0 Å². The first-order valence-corrected chi connectivity index (χ1v) is 5.59. The van der Waals surface area contributed by atoms with Crippen molar-refractivity contribution in [3.8, 4) is 11.1 Å². The van der Waals surface area contributed by atoms with Crippen molar-refractivity contribution in [2.75, 3.05) is 0 Å². The first kappa shape index (κ1) is 10.2. The second-order valence-electron chi connectivity index (χ2n) is 3.71. The zero-order chi connectivity index (χ0) is 11.7. The van der Waals surface area contributed by atoms with Crippen molar-refractivity contribution in [2.45, 2.75) is 0 Å². The van der Waals surface area contributed by atoms with E-state index >= 15 is 0 Å². The molecule has 0 bridgehead atoms. The van der Waals surface area contributed by atoms with E-state index < -0.39 is 0 Å². The van der Waals surface area contributed by atoms with Crippen LogP contribution in [0.2, 0.25) is 5.02 Å². The van der Waals surface area contributed by atoms with Crippen LogP contribution in [0.1, 0.15) is 0 Å². The molecule has 0 atom stereocenters. The highest BCUT2D eigenvalue weighted by molar-refractivity contribution is 6.30. The third-order valence-electron chi connectivity index (χ3n) is 2.61. The molecule has 0 aliphatic heterocycles. The molecule has 0 saturated carbocycles. The van der Waals surface area contributed by atoms with Crippen molar-refractivity contribution in [3.63, 3.8) is 0 Å². The summed E-state index contributed by atoms with van der Waals surface area (Å²) in [7, 11) is 0. The van der Waals surface area contributed by atoms with Crippen molar-refractivity contribution >= 4 is 22.5 Å². The summed E-state index contributed by atoms with van der Waals surface area (Å²) in [5, 5.41) is 1.73. The van der Waals surface area contributed by atoms with E-state index in [1.54, 1.807) is 12.3 Å². The van der Waals surface area contributed by atoms with Gasteiger partial charge in [-0.15, -0.1) is 0 Å². The van der Waals surface area contributed by atoms with Crippen molar-refractivity contribution in [3.05, 3.63) is 60.0 Å². The van der Waals surface area contributed by atoms with Crippen LogP contribution in [0, 0.1) is 6.20 Å². The van der Waals surface area contributed by atoms with Crippen LogP contribution in [0.25, 0.3) is 22.0 Å². The molecule has 3 heteroatoms. The average Bonchev–Trinajstić information content (AvgIpc) is 2.39. The topological polar surface area (TPSA) is 25.8 Å². The first-order valence-electron chi connectivity index (χ1n) is 5.21. The molecule has 17 heavy (non-hydrogen) atoms. The van der Waals surface area contributed by atoms with Gasteiger partial charge in [-0.2, -0.15) is 0 Å². The van der Waals surface area contributed by atoms with E-state index in [0.717, 1.165) is 27.1 Å². The van der Waals surface area contributed by atoms with Gasteiger partial charge in [-0.3, -0.25) is 4.98 Å². The fraction of sp³-hybridized carbons (Fsp3) is 0. The number of nitrogens with zero attached hydrogens (tertiary/aromatic N) is 2. The molecule has 0 fully saturated rings. The molecule has 0 saturated heterocycles. The highest BCUT2D eigenvalue weighted by Crippen LogP contribution is 2.26. The maximum Gasteiger partial charge on any atom is 0.0894 e. The van der Waals surface area contributed by atoms with Gasteiger partial charge in [0, 0.05) is 28.4 Å². The Bertz CT molecular complexity index is 657. The Morgan fingerprint density at radius 3 is 2.65 bits per heavy atom. The molecule has 1 radical (unpaired) electrons. The van der Waals surface area contributed by atoms with Gasteiger partial charge in [0.15, 0.2) is 0 Å². The van der Waals surface area contributed by atoms with E-state index in [9.17, 15) is 0 Å². The molecule has 3 aromatic rings. The Balaban J connectivity index is 2.27. The van der Waals surface area contributed by atoms with E-state index in [0.29, 0.717) is 0 Å². The van der Waals surface area contributed by atoms with Crippen LogP contribution in [-0.2, 0) is 0 Å². The van der Waals surface area contributed by atoms with Crippen LogP contribution >= 0.6 is 11.6 Å². The maximum absolute atomic E-state index is 5.88. The summed E-state index contributed by atoms with van der Waals surface area (Å²) in [4.78, 5) is 8.51. The van der Waals surface area contributed by atoms with Crippen LogP contribution in [0.15, 0.2) is 48.8 Å². The largest absolute Gasteiger partial charge is 0.263 e. The van der Waals surface area contributed by atoms with E-state index in [2.05, 4.69) is 16.2 Å². The van der Waals surface area contributed by atoms with Gasteiger partial charge in [0.1, 0.15) is 0 Å². The van der Waals surface area contributed by atoms with Crippen molar-refractivity contribution < 1.29 is 0 Å². The Morgan fingerprint density at radius 1 is 1.00 bits per heavy atom. The molecule has 2 aromatic heterocycles. The Labute approximate surface area is 104 Å². The number of halogens is 1. The summed E-state index contributed by atoms with van der Waals surface area (Å²) < 4.78 is 0. The van der Waals surface area contributed by atoms with Gasteiger partial charge in [0.2, 0.25) is 0 Å². The predicted molar refractivity (Wildman–Crippen MR) is 68.8 cm³/mol. The van der Waals surface area contributed by atoms with Gasteiger partial charge in [-0.1, -0.05) is 23.7 Å². The average molecular weight is 240 g/mol. The second kappa shape index (κ2) is 4.15. The second-order valence-corrected chi connectivity index (χ2v) is 4.14. The fourth-order valence-corrected chi connectivity index (χ4v) is 1.91. The lowest BCUT2D eigenvalue weighted by atomic mass is 10.1. The lowest BCUT2D eigenvalue weighted by molar-refractivity contribution is 1.32. The Hall–Kier alpha value is -1.93. The molecule has 2 heterocycles. The smallest absolute Gasteiger partial charge is 0.0894 e. The van der Waals surface area contributed by atoms with Gasteiger partial charge in [-0.25, -0.2) is 4.98 Å². The monoisotopic (exact) mass is 239 g/mol. The molecule has 2 nitrogen and oxygen atoms in total. The normalized spacial score (nSPS) is 10.6. The van der Waals surface area contributed by atoms with E-state index in [4.69, 9.17) is 11.6 Å². The number of fused-ring (bicyclic) bond motifs is 1. The molecular weight excluding hydrogens is 232 g/mol. The number of hydrogen-bond donors (Lipinski definition) is 0. The van der Waals surface area contributed by atoms with Crippen LogP contribution < -0.4 is 0 Å². The molecule has 0 spiro atoms. The van der Waals surface area contributed by atoms with Crippen molar-refractivity contribution in [2.24, 2.45) is 0 Å². The summed E-state index contributed by atoms with van der Waals surface area (Å²) in [5.41, 5.74) is 2.96. The third-order valence-corrected chi connectivity index (χ3v) is 2.87. The van der Waals surface area contributed by atoms with Crippen LogP contribution in [0.3, 0.4) is 0 Å². The van der Waals surface area contributed by atoms with Crippen molar-refractivity contribution in [1.29, 1.82) is 0 Å². The minimum absolute atomic E-state index is 0.724. The molecule has 0 aliphatic carbocycles. The minimum Gasteiger partial charge on any atom is -0.263 e. The van der Waals surface area contributed by atoms with Gasteiger partial charge in [0.05, 0.1) is 11.7 Å². The Morgan fingerprint density at radius 2 is 1.82 bits per heavy atom. The summed E-state index contributed by atoms with van der Waals surface area (Å²) in [6.45, 7) is 0. The minimum atomic E-state index is 0.724. The number of pyridine rings is 2. The van der Waals surface area contributed by atoms with Crippen LogP contribution in [-0.4, -0.2) is 9.97 Å². The Kier molecular flexibility index (Phi) is 2.50. The molecule has 81 valence electrons. The first-order chi connectivity index (χ1) is 8.34. The SMILES string of the molecule is Clc1ccc(-c2cncc3cc[c]nc23)cc1. The van der Waals surface area contributed by atoms with Gasteiger partial charge in [-0.05, 0) is 29.8 Å². The highest BCUT2D eigenvalue weighted by atomic mass is 35.5. The van der Waals surface area contributed by atoms with Crippen LogP contribution in [0.5, 0.6) is 0 Å². The molecule has 0 unspecified atom stereocenters. The molecule has 0 N–H and O–H groups in total. The lowest BCUT2D eigenvalue weighted by Crippen LogP contribution is -1.86. The summed E-state index contributed by atoms with van der Waals surface area (Å²) >= 11 is 5.88. The maximum atomic E-state index is 5.88. The van der Waals surface area contributed by atoms with E-state index in [1.807, 2.05) is 36.5 Å². The molecule has 0 aliphatic rings. The van der Waals surface area contributed by atoms with E-state index in [1.165, 1.54) is 0 Å². The molecule has 0 amide bonds. The molecule has 3 rings (SSSR count). The molecule has 1 aromatic carbocycles. The molecular formula is C14H8ClN2. The zero-order valence-electron chi connectivity index (χ0n) is 8.89. The van der Waals surface area contributed by atoms with Gasteiger partial charge < -0.3 is 0 Å². The third kappa shape index (κ3) is 1.87. The fourth-order valence-electron chi connectivity index (χ4n) is 1.79. The summed E-state index contributed by atoms with van der Waals surface area (Å²) in [6, 6.07) is 11.4. The van der Waals surface area contributed by atoms with Gasteiger partial charge >= 0.3 is 0 Å². The summed E-state index contributed by atoms with van der Waals surface area (Å²) in [5.74, 6) is 0. The highest BCUT2D eigenvalue weighted by Gasteiger charge is 2.04.